The largest absolute Gasteiger partial charge is 0.478 e. The molecule has 1 aromatic heterocycles. The predicted molar refractivity (Wildman–Crippen MR) is 138 cm³/mol. The van der Waals surface area contributed by atoms with Crippen LogP contribution >= 0.6 is 0 Å². The van der Waals surface area contributed by atoms with E-state index >= 15 is 0 Å². The number of carboxylic acid groups (broad SMARTS) is 1. The first kappa shape index (κ1) is 27.4. The highest BCUT2D eigenvalue weighted by atomic mass is 16.7. The van der Waals surface area contributed by atoms with E-state index in [2.05, 4.69) is 21.8 Å². The molecule has 9 heteroatoms. The molecule has 0 aliphatic rings. The molecular formula is C28H33N3O6. The van der Waals surface area contributed by atoms with Crippen molar-refractivity contribution in [1.82, 2.24) is 9.55 Å². The second-order valence-electron chi connectivity index (χ2n) is 8.57. The van der Waals surface area contributed by atoms with Crippen molar-refractivity contribution in [3.05, 3.63) is 82.9 Å². The average molecular weight is 508 g/mol. The number of carbonyl (C=O) groups excluding carboxylic acids is 2. The number of aryl methyl sites for hydroxylation is 1. The van der Waals surface area contributed by atoms with Crippen LogP contribution in [0.1, 0.15) is 77.3 Å². The Balaban J connectivity index is 1.69. The molecule has 0 fully saturated rings. The fraction of sp³-hybridized carbons (Fsp3) is 0.357. The lowest BCUT2D eigenvalue weighted by Crippen LogP contribution is -2.14. The van der Waals surface area contributed by atoms with Crippen molar-refractivity contribution < 1.29 is 29.0 Å². The molecule has 3 rings (SSSR count). The summed E-state index contributed by atoms with van der Waals surface area (Å²) in [6, 6.07) is 13.8. The molecule has 0 aliphatic heterocycles. The Kier molecular flexibility index (Phi) is 10.3. The topological polar surface area (TPSA) is 120 Å². The van der Waals surface area contributed by atoms with Crippen molar-refractivity contribution in [1.29, 1.82) is 0 Å². The molecule has 0 saturated heterocycles. The van der Waals surface area contributed by atoms with E-state index in [1.807, 2.05) is 25.3 Å². The van der Waals surface area contributed by atoms with Gasteiger partial charge in [-0.25, -0.2) is 14.6 Å². The summed E-state index contributed by atoms with van der Waals surface area (Å²) in [6.45, 7) is 4.53. The number of rotatable bonds is 14. The number of carboxylic acids is 1. The zero-order chi connectivity index (χ0) is 26.6. The molecule has 0 saturated carbocycles. The number of ether oxygens (including phenoxy) is 2. The van der Waals surface area contributed by atoms with Gasteiger partial charge < -0.3 is 24.5 Å². The lowest BCUT2D eigenvalue weighted by molar-refractivity contribution is -0.152. The minimum absolute atomic E-state index is 0.211. The molecular weight excluding hydrogens is 474 g/mol. The zero-order valence-electron chi connectivity index (χ0n) is 21.2. The van der Waals surface area contributed by atoms with Gasteiger partial charge in [0.2, 0.25) is 6.79 Å². The minimum Gasteiger partial charge on any atom is -0.478 e. The fourth-order valence-electron chi connectivity index (χ4n) is 3.77. The molecule has 2 aromatic carbocycles. The quantitative estimate of drug-likeness (QED) is 0.230. The van der Waals surface area contributed by atoms with Crippen LogP contribution in [0.2, 0.25) is 0 Å². The van der Waals surface area contributed by atoms with Crippen molar-refractivity contribution in [3.63, 3.8) is 0 Å². The Morgan fingerprint density at radius 1 is 1.00 bits per heavy atom. The maximum Gasteiger partial charge on any atom is 0.340 e. The van der Waals surface area contributed by atoms with Gasteiger partial charge in [-0.05, 0) is 42.7 Å². The van der Waals surface area contributed by atoms with Crippen LogP contribution in [0, 0.1) is 0 Å². The second-order valence-corrected chi connectivity index (χ2v) is 8.57. The Morgan fingerprint density at radius 3 is 2.46 bits per heavy atom. The number of hydrogen-bond acceptors (Lipinski definition) is 7. The van der Waals surface area contributed by atoms with Gasteiger partial charge in [-0.3, -0.25) is 4.79 Å². The first-order valence-electron chi connectivity index (χ1n) is 12.4. The summed E-state index contributed by atoms with van der Waals surface area (Å²) in [5.74, 6) is -1.01. The molecule has 1 heterocycles. The van der Waals surface area contributed by atoms with Gasteiger partial charge in [0.25, 0.3) is 0 Å². The number of anilines is 1. The summed E-state index contributed by atoms with van der Waals surface area (Å²) in [6.07, 6.45) is 5.62. The third kappa shape index (κ3) is 7.93. The number of aromatic nitrogens is 2. The van der Waals surface area contributed by atoms with E-state index in [0.717, 1.165) is 36.3 Å². The molecule has 0 amide bonds. The number of carbonyl (C=O) groups is 3. The van der Waals surface area contributed by atoms with Crippen LogP contribution in [-0.2, 0) is 33.8 Å². The molecule has 0 radical (unpaired) electrons. The summed E-state index contributed by atoms with van der Waals surface area (Å²) in [7, 11) is 0. The van der Waals surface area contributed by atoms with E-state index in [1.165, 1.54) is 0 Å². The number of imidazole rings is 1. The molecule has 196 valence electrons. The van der Waals surface area contributed by atoms with Gasteiger partial charge in [0, 0.05) is 25.1 Å². The number of nitrogens with one attached hydrogen (secondary N) is 1. The van der Waals surface area contributed by atoms with Crippen molar-refractivity contribution in [3.8, 4) is 0 Å². The number of nitrogens with zero attached hydrogens (tertiary/aromatic N) is 2. The number of aromatic carboxylic acids is 1. The highest BCUT2D eigenvalue weighted by molar-refractivity contribution is 5.94. The Morgan fingerprint density at radius 2 is 1.76 bits per heavy atom. The van der Waals surface area contributed by atoms with E-state index in [9.17, 15) is 19.5 Å². The highest BCUT2D eigenvalue weighted by Gasteiger charge is 2.14. The molecule has 9 nitrogen and oxygen atoms in total. The molecule has 3 aromatic rings. The molecule has 2 N–H and O–H groups in total. The van der Waals surface area contributed by atoms with Crippen molar-refractivity contribution >= 4 is 23.6 Å². The number of unbranched alkanes of at least 4 members (excludes halogenated alkanes) is 1. The maximum atomic E-state index is 12.3. The highest BCUT2D eigenvalue weighted by Crippen LogP contribution is 2.19. The lowest BCUT2D eigenvalue weighted by atomic mass is 10.1. The van der Waals surface area contributed by atoms with Gasteiger partial charge in [0.05, 0.1) is 29.6 Å². The van der Waals surface area contributed by atoms with E-state index in [0.29, 0.717) is 30.8 Å². The van der Waals surface area contributed by atoms with Gasteiger partial charge in [0.15, 0.2) is 0 Å². The fourth-order valence-corrected chi connectivity index (χ4v) is 3.77. The standard InChI is InChI=1S/C28H33N3O6/c1-3-5-11-25-30-17-22(16-29-24-10-7-6-9-23(24)27(33)34)31(25)18-20-12-14-21(15-13-20)28(35)37-19-36-26(32)8-4-2/h6-7,9-10,12-15,17,29H,3-5,8,11,16,18-19H2,1-2H3,(H,33,34). The first-order chi connectivity index (χ1) is 17.9. The summed E-state index contributed by atoms with van der Waals surface area (Å²) in [5.41, 5.74) is 3.00. The van der Waals surface area contributed by atoms with Gasteiger partial charge in [-0.1, -0.05) is 44.5 Å². The van der Waals surface area contributed by atoms with E-state index in [1.54, 1.807) is 36.4 Å². The molecule has 0 unspecified atom stereocenters. The van der Waals surface area contributed by atoms with Gasteiger partial charge in [-0.15, -0.1) is 0 Å². The number of benzene rings is 2. The SMILES string of the molecule is CCCCc1ncc(CNc2ccccc2C(=O)O)n1Cc1ccc(C(=O)OCOC(=O)CCC)cc1. The minimum atomic E-state index is -0.988. The monoisotopic (exact) mass is 507 g/mol. The van der Waals surface area contributed by atoms with Gasteiger partial charge in [0.1, 0.15) is 5.82 Å². The molecule has 0 bridgehead atoms. The Bertz CT molecular complexity index is 1200. The van der Waals surface area contributed by atoms with Crippen LogP contribution in [0.3, 0.4) is 0 Å². The average Bonchev–Trinajstić information content (AvgIpc) is 3.27. The van der Waals surface area contributed by atoms with E-state index < -0.39 is 24.7 Å². The van der Waals surface area contributed by atoms with Gasteiger partial charge >= 0.3 is 17.9 Å². The van der Waals surface area contributed by atoms with Crippen LogP contribution in [-0.4, -0.2) is 39.4 Å². The smallest absolute Gasteiger partial charge is 0.340 e. The number of para-hydroxylation sites is 1. The van der Waals surface area contributed by atoms with E-state index in [4.69, 9.17) is 9.47 Å². The zero-order valence-corrected chi connectivity index (χ0v) is 21.2. The van der Waals surface area contributed by atoms with Crippen LogP contribution in [0.15, 0.2) is 54.7 Å². The van der Waals surface area contributed by atoms with E-state index in [-0.39, 0.29) is 12.0 Å². The van der Waals surface area contributed by atoms with Crippen molar-refractivity contribution in [2.75, 3.05) is 12.1 Å². The van der Waals surface area contributed by atoms with Crippen LogP contribution in [0.4, 0.5) is 5.69 Å². The summed E-state index contributed by atoms with van der Waals surface area (Å²) >= 11 is 0. The molecule has 0 aliphatic carbocycles. The maximum absolute atomic E-state index is 12.3. The third-order valence-corrected chi connectivity index (χ3v) is 5.79. The van der Waals surface area contributed by atoms with Gasteiger partial charge in [-0.2, -0.15) is 0 Å². The van der Waals surface area contributed by atoms with Crippen molar-refractivity contribution in [2.45, 2.75) is 59.0 Å². The predicted octanol–water partition coefficient (Wildman–Crippen LogP) is 5.04. The Hall–Kier alpha value is -4.14. The number of esters is 2. The number of hydrogen-bond donors (Lipinski definition) is 2. The first-order valence-corrected chi connectivity index (χ1v) is 12.4. The van der Waals surface area contributed by atoms with Crippen LogP contribution < -0.4 is 5.32 Å². The normalized spacial score (nSPS) is 10.6. The van der Waals surface area contributed by atoms with Crippen LogP contribution in [0.5, 0.6) is 0 Å². The third-order valence-electron chi connectivity index (χ3n) is 5.79. The summed E-state index contributed by atoms with van der Waals surface area (Å²) in [5, 5.41) is 12.7. The lowest BCUT2D eigenvalue weighted by Gasteiger charge is -2.15. The second kappa shape index (κ2) is 13.8. The molecule has 37 heavy (non-hydrogen) atoms. The molecule has 0 spiro atoms. The summed E-state index contributed by atoms with van der Waals surface area (Å²) < 4.78 is 12.0. The molecule has 0 atom stereocenters. The van der Waals surface area contributed by atoms with Crippen LogP contribution in [0.25, 0.3) is 0 Å². The van der Waals surface area contributed by atoms with Crippen molar-refractivity contribution in [2.24, 2.45) is 0 Å². The Labute approximate surface area is 216 Å². The summed E-state index contributed by atoms with van der Waals surface area (Å²) in [4.78, 5) is 39.8.